The van der Waals surface area contributed by atoms with Gasteiger partial charge in [-0.25, -0.2) is 4.79 Å². The molecule has 0 unspecified atom stereocenters. The summed E-state index contributed by atoms with van der Waals surface area (Å²) >= 11 is 0. The number of carboxylic acids is 1. The van der Waals surface area contributed by atoms with Crippen molar-refractivity contribution in [2.75, 3.05) is 0 Å². The van der Waals surface area contributed by atoms with Crippen LogP contribution in [0.4, 0.5) is 0 Å². The monoisotopic (exact) mass is 199 g/mol. The summed E-state index contributed by atoms with van der Waals surface area (Å²) in [5, 5.41) is 11.7. The first-order chi connectivity index (χ1) is 6.46. The number of amides is 1. The molecule has 0 radical (unpaired) electrons. The minimum atomic E-state index is -1.01. The Balaban J connectivity index is 2.80. The molecular formula is C10H17NO3. The van der Waals surface area contributed by atoms with E-state index in [1.54, 1.807) is 0 Å². The van der Waals surface area contributed by atoms with E-state index < -0.39 is 11.5 Å². The van der Waals surface area contributed by atoms with Gasteiger partial charge < -0.3 is 10.4 Å². The fraction of sp³-hybridized carbons (Fsp3) is 0.800. The van der Waals surface area contributed by atoms with Crippen LogP contribution in [0.25, 0.3) is 0 Å². The van der Waals surface area contributed by atoms with Gasteiger partial charge in [0.1, 0.15) is 5.54 Å². The number of nitrogens with one attached hydrogen (secondary N) is 1. The molecule has 0 heterocycles. The maximum absolute atomic E-state index is 11.1. The summed E-state index contributed by atoms with van der Waals surface area (Å²) < 4.78 is 0. The number of aliphatic carboxylic acids is 1. The van der Waals surface area contributed by atoms with Crippen molar-refractivity contribution in [1.29, 1.82) is 0 Å². The Labute approximate surface area is 83.7 Å². The van der Waals surface area contributed by atoms with E-state index in [2.05, 4.69) is 5.32 Å². The van der Waals surface area contributed by atoms with Crippen LogP contribution in [0, 0.1) is 5.92 Å². The predicted molar refractivity (Wildman–Crippen MR) is 51.8 cm³/mol. The van der Waals surface area contributed by atoms with Crippen molar-refractivity contribution in [2.45, 2.75) is 45.1 Å². The molecule has 4 nitrogen and oxygen atoms in total. The normalized spacial score (nSPS) is 32.3. The SMILES string of the molecule is CC(=O)N[C@]1(C(=O)O)CCC[C@H](C)C1. The number of hydrogen-bond donors (Lipinski definition) is 2. The largest absolute Gasteiger partial charge is 0.480 e. The molecule has 1 amide bonds. The molecule has 0 aromatic carbocycles. The van der Waals surface area contributed by atoms with Gasteiger partial charge in [-0.1, -0.05) is 19.8 Å². The molecule has 0 spiro atoms. The first-order valence-electron chi connectivity index (χ1n) is 4.98. The van der Waals surface area contributed by atoms with Crippen LogP contribution in [-0.2, 0) is 9.59 Å². The van der Waals surface area contributed by atoms with E-state index in [9.17, 15) is 9.59 Å². The lowest BCUT2D eigenvalue weighted by atomic mass is 9.76. The summed E-state index contributed by atoms with van der Waals surface area (Å²) in [5.74, 6) is -0.799. The molecule has 4 heteroatoms. The Morgan fingerprint density at radius 1 is 1.50 bits per heavy atom. The van der Waals surface area contributed by atoms with E-state index in [4.69, 9.17) is 5.11 Å². The third-order valence-corrected chi connectivity index (χ3v) is 2.82. The fourth-order valence-electron chi connectivity index (χ4n) is 2.25. The number of carboxylic acid groups (broad SMARTS) is 1. The van der Waals surface area contributed by atoms with E-state index in [1.165, 1.54) is 6.92 Å². The van der Waals surface area contributed by atoms with E-state index in [-0.39, 0.29) is 5.91 Å². The highest BCUT2D eigenvalue weighted by Gasteiger charge is 2.42. The Hall–Kier alpha value is -1.06. The second-order valence-corrected chi connectivity index (χ2v) is 4.27. The molecular weight excluding hydrogens is 182 g/mol. The standard InChI is InChI=1S/C10H17NO3/c1-7-4-3-5-10(6-7,9(13)14)11-8(2)12/h7H,3-6H2,1-2H3,(H,11,12)(H,13,14)/t7-,10+/m0/s1. The average Bonchev–Trinajstić information content (AvgIpc) is 2.02. The van der Waals surface area contributed by atoms with E-state index in [0.29, 0.717) is 18.8 Å². The van der Waals surface area contributed by atoms with Crippen molar-refractivity contribution in [3.05, 3.63) is 0 Å². The molecule has 2 atom stereocenters. The van der Waals surface area contributed by atoms with Gasteiger partial charge in [0.05, 0.1) is 0 Å². The minimum absolute atomic E-state index is 0.262. The molecule has 0 aliphatic heterocycles. The molecule has 1 fully saturated rings. The Morgan fingerprint density at radius 2 is 2.14 bits per heavy atom. The van der Waals surface area contributed by atoms with Gasteiger partial charge in [-0.05, 0) is 18.8 Å². The van der Waals surface area contributed by atoms with Crippen molar-refractivity contribution in [2.24, 2.45) is 5.92 Å². The van der Waals surface area contributed by atoms with E-state index in [1.807, 2.05) is 6.92 Å². The zero-order valence-corrected chi connectivity index (χ0v) is 8.67. The van der Waals surface area contributed by atoms with Crippen molar-refractivity contribution in [3.63, 3.8) is 0 Å². The Morgan fingerprint density at radius 3 is 2.57 bits per heavy atom. The van der Waals surface area contributed by atoms with Crippen LogP contribution >= 0.6 is 0 Å². The van der Waals surface area contributed by atoms with Crippen molar-refractivity contribution in [1.82, 2.24) is 5.32 Å². The first kappa shape index (κ1) is 11.0. The van der Waals surface area contributed by atoms with Crippen molar-refractivity contribution >= 4 is 11.9 Å². The Bertz CT molecular complexity index is 252. The molecule has 0 aromatic rings. The molecule has 80 valence electrons. The van der Waals surface area contributed by atoms with E-state index in [0.717, 1.165) is 12.8 Å². The van der Waals surface area contributed by atoms with Crippen molar-refractivity contribution < 1.29 is 14.7 Å². The van der Waals surface area contributed by atoms with Gasteiger partial charge in [0, 0.05) is 6.92 Å². The number of carbonyl (C=O) groups excluding carboxylic acids is 1. The fourth-order valence-corrected chi connectivity index (χ4v) is 2.25. The first-order valence-corrected chi connectivity index (χ1v) is 4.98. The summed E-state index contributed by atoms with van der Waals surface area (Å²) in [6, 6.07) is 0. The van der Waals surface area contributed by atoms with Crippen LogP contribution in [0.3, 0.4) is 0 Å². The quantitative estimate of drug-likeness (QED) is 0.701. The highest BCUT2D eigenvalue weighted by molar-refractivity contribution is 5.86. The highest BCUT2D eigenvalue weighted by atomic mass is 16.4. The van der Waals surface area contributed by atoms with Gasteiger partial charge in [0.25, 0.3) is 0 Å². The molecule has 0 saturated heterocycles. The van der Waals surface area contributed by atoms with Gasteiger partial charge in [-0.15, -0.1) is 0 Å². The molecule has 0 aromatic heterocycles. The molecule has 1 rings (SSSR count). The summed E-state index contributed by atoms with van der Waals surface area (Å²) in [6.45, 7) is 3.39. The topological polar surface area (TPSA) is 66.4 Å². The summed E-state index contributed by atoms with van der Waals surface area (Å²) in [4.78, 5) is 22.1. The van der Waals surface area contributed by atoms with Crippen molar-refractivity contribution in [3.8, 4) is 0 Å². The van der Waals surface area contributed by atoms with Gasteiger partial charge in [-0.3, -0.25) is 4.79 Å². The minimum Gasteiger partial charge on any atom is -0.480 e. The zero-order valence-electron chi connectivity index (χ0n) is 8.67. The number of hydrogen-bond acceptors (Lipinski definition) is 2. The molecule has 14 heavy (non-hydrogen) atoms. The lowest BCUT2D eigenvalue weighted by molar-refractivity contribution is -0.149. The van der Waals surface area contributed by atoms with E-state index >= 15 is 0 Å². The smallest absolute Gasteiger partial charge is 0.329 e. The average molecular weight is 199 g/mol. The molecule has 0 bridgehead atoms. The lowest BCUT2D eigenvalue weighted by Crippen LogP contribution is -2.56. The summed E-state index contributed by atoms with van der Waals surface area (Å²) in [7, 11) is 0. The predicted octanol–water partition coefficient (Wildman–Crippen LogP) is 1.16. The third kappa shape index (κ3) is 2.25. The number of carbonyl (C=O) groups is 2. The molecule has 1 aliphatic carbocycles. The van der Waals surface area contributed by atoms with Crippen LogP contribution in [0.5, 0.6) is 0 Å². The lowest BCUT2D eigenvalue weighted by Gasteiger charge is -2.36. The maximum Gasteiger partial charge on any atom is 0.329 e. The number of rotatable bonds is 2. The van der Waals surface area contributed by atoms with Crippen LogP contribution in [-0.4, -0.2) is 22.5 Å². The zero-order chi connectivity index (χ0) is 10.8. The van der Waals surface area contributed by atoms with Crippen LogP contribution in [0.2, 0.25) is 0 Å². The second kappa shape index (κ2) is 3.98. The summed E-state index contributed by atoms with van der Waals surface area (Å²) in [6.07, 6.45) is 3.01. The summed E-state index contributed by atoms with van der Waals surface area (Å²) in [5.41, 5.74) is -1.01. The third-order valence-electron chi connectivity index (χ3n) is 2.82. The molecule has 1 saturated carbocycles. The van der Waals surface area contributed by atoms with Crippen LogP contribution in [0.1, 0.15) is 39.5 Å². The molecule has 1 aliphatic rings. The van der Waals surface area contributed by atoms with Crippen LogP contribution < -0.4 is 5.32 Å². The second-order valence-electron chi connectivity index (χ2n) is 4.27. The maximum atomic E-state index is 11.1. The van der Waals surface area contributed by atoms with Gasteiger partial charge in [0.15, 0.2) is 0 Å². The van der Waals surface area contributed by atoms with Gasteiger partial charge >= 0.3 is 5.97 Å². The molecule has 2 N–H and O–H groups in total. The van der Waals surface area contributed by atoms with Gasteiger partial charge in [0.2, 0.25) is 5.91 Å². The highest BCUT2D eigenvalue weighted by Crippen LogP contribution is 2.32. The van der Waals surface area contributed by atoms with Crippen LogP contribution in [0.15, 0.2) is 0 Å². The van der Waals surface area contributed by atoms with Gasteiger partial charge in [-0.2, -0.15) is 0 Å². The Kier molecular flexibility index (Phi) is 3.13.